The van der Waals surface area contributed by atoms with Crippen molar-refractivity contribution in [2.75, 3.05) is 0 Å². The minimum Gasteiger partial charge on any atom is -0.727 e. The van der Waals surface area contributed by atoms with Crippen LogP contribution in [0.5, 0.6) is 0 Å². The van der Waals surface area contributed by atoms with Crippen LogP contribution in [-0.2, 0) is 37.1 Å². The maximum Gasteiger partial charge on any atom is 0.0997 e. The number of rotatable bonds is 5. The van der Waals surface area contributed by atoms with Crippen LogP contribution in [0.25, 0.3) is 0 Å². The third kappa shape index (κ3) is 7.06. The lowest BCUT2D eigenvalue weighted by molar-refractivity contribution is -0.386. The molecule has 0 saturated heterocycles. The van der Waals surface area contributed by atoms with Gasteiger partial charge in [-0.05, 0) is 17.8 Å². The molecule has 0 aliphatic carbocycles. The molecule has 3 aromatic carbocycles. The monoisotopic (exact) mass is 400 g/mol. The second-order valence-corrected chi connectivity index (χ2v) is 11.9. The summed E-state index contributed by atoms with van der Waals surface area (Å²) in [7, 11) is 0. The van der Waals surface area contributed by atoms with Gasteiger partial charge in [-0.1, -0.05) is 95.9 Å². The molecule has 0 bridgehead atoms. The van der Waals surface area contributed by atoms with Crippen molar-refractivity contribution in [1.29, 1.82) is 0 Å². The van der Waals surface area contributed by atoms with Crippen molar-refractivity contribution in [3.63, 3.8) is 0 Å². The molecular formula is C21H25N2PS2. The second kappa shape index (κ2) is 10.7. The van der Waals surface area contributed by atoms with Crippen LogP contribution in [0, 0.1) is 6.92 Å². The van der Waals surface area contributed by atoms with Crippen LogP contribution in [0.1, 0.15) is 16.7 Å². The molecule has 0 fully saturated rings. The Bertz CT molecular complexity index is 822. The van der Waals surface area contributed by atoms with Crippen molar-refractivity contribution >= 4 is 34.8 Å². The maximum absolute atomic E-state index is 5.57. The second-order valence-electron chi connectivity index (χ2n) is 5.94. The number of aryl methyl sites for hydroxylation is 1. The Morgan fingerprint density at radius 1 is 0.846 bits per heavy atom. The molecule has 0 amide bonds. The van der Waals surface area contributed by atoms with Gasteiger partial charge in [0.05, 0.1) is 6.54 Å². The standard InChI is InChI=1S/C14H16NPS2.C7H9N/c1-12-7-9-14(10-8-12)16(17,18)15-11-13-5-3-2-4-6-13;8-6-7-4-2-1-3-5-7/h2-10H,11H2,1H3,(H2,15,17,18);1-5H,6,8H2. The van der Waals surface area contributed by atoms with Crippen molar-refractivity contribution in [3.05, 3.63) is 102 Å². The Kier molecular flexibility index (Phi) is 8.56. The minimum absolute atomic E-state index is 0.732. The van der Waals surface area contributed by atoms with E-state index in [4.69, 9.17) is 24.1 Å². The highest BCUT2D eigenvalue weighted by Gasteiger charge is 2.04. The Balaban J connectivity index is 0.000000254. The van der Waals surface area contributed by atoms with E-state index >= 15 is 0 Å². The number of nitrogens with one attached hydrogen (secondary N) is 1. The zero-order valence-electron chi connectivity index (χ0n) is 15.0. The van der Waals surface area contributed by atoms with Crippen LogP contribution in [0.3, 0.4) is 0 Å². The van der Waals surface area contributed by atoms with Gasteiger partial charge in [0.2, 0.25) is 0 Å². The van der Waals surface area contributed by atoms with Crippen LogP contribution in [0.15, 0.2) is 84.9 Å². The fourth-order valence-corrected chi connectivity index (χ4v) is 4.50. The molecule has 136 valence electrons. The van der Waals surface area contributed by atoms with E-state index in [0.717, 1.165) is 18.4 Å². The third-order valence-corrected chi connectivity index (χ3v) is 7.43. The van der Waals surface area contributed by atoms with Gasteiger partial charge in [-0.15, -0.1) is 11.8 Å². The molecule has 1 unspecified atom stereocenters. The Hall–Kier alpha value is -1.42. The first-order valence-corrected chi connectivity index (χ1v) is 12.3. The van der Waals surface area contributed by atoms with Crippen molar-refractivity contribution in [2.24, 2.45) is 0 Å². The molecule has 0 aromatic heterocycles. The molecule has 0 aliphatic heterocycles. The number of benzene rings is 3. The summed E-state index contributed by atoms with van der Waals surface area (Å²) in [5.41, 5.74) is 7.49. The molecular weight excluding hydrogens is 375 g/mol. The SMILES string of the molecule is Cc1ccc(P(=S)([S-])NCc2ccccc2)cc1.[NH3+]Cc1ccccc1. The van der Waals surface area contributed by atoms with Crippen LogP contribution in [-0.4, -0.2) is 0 Å². The van der Waals surface area contributed by atoms with E-state index in [-0.39, 0.29) is 0 Å². The van der Waals surface area contributed by atoms with Crippen molar-refractivity contribution in [3.8, 4) is 0 Å². The summed E-state index contributed by atoms with van der Waals surface area (Å²) in [6.07, 6.45) is 0. The highest BCUT2D eigenvalue weighted by molar-refractivity contribution is 8.57. The lowest BCUT2D eigenvalue weighted by Gasteiger charge is -2.30. The summed E-state index contributed by atoms with van der Waals surface area (Å²) in [6, 6.07) is 28.6. The molecule has 3 aromatic rings. The molecule has 26 heavy (non-hydrogen) atoms. The first kappa shape index (κ1) is 20.9. The topological polar surface area (TPSA) is 39.7 Å². The zero-order chi connectivity index (χ0) is 18.8. The average molecular weight is 401 g/mol. The quantitative estimate of drug-likeness (QED) is 0.507. The molecule has 0 spiro atoms. The van der Waals surface area contributed by atoms with E-state index in [0.29, 0.717) is 0 Å². The van der Waals surface area contributed by atoms with Crippen molar-refractivity contribution in [2.45, 2.75) is 20.0 Å². The van der Waals surface area contributed by atoms with Crippen molar-refractivity contribution in [1.82, 2.24) is 5.09 Å². The highest BCUT2D eigenvalue weighted by Crippen LogP contribution is 2.37. The fraction of sp³-hybridized carbons (Fsp3) is 0.143. The normalized spacial score (nSPS) is 12.6. The summed E-state index contributed by atoms with van der Waals surface area (Å²) in [4.78, 5) is 0. The van der Waals surface area contributed by atoms with E-state index in [9.17, 15) is 0 Å². The summed E-state index contributed by atoms with van der Waals surface area (Å²) in [5, 5.41) is 2.35. The van der Waals surface area contributed by atoms with Gasteiger partial charge in [0.25, 0.3) is 0 Å². The first-order valence-electron chi connectivity index (χ1n) is 8.52. The van der Waals surface area contributed by atoms with Crippen LogP contribution < -0.4 is 16.1 Å². The number of hydrogen-bond acceptors (Lipinski definition) is 2. The predicted molar refractivity (Wildman–Crippen MR) is 119 cm³/mol. The highest BCUT2D eigenvalue weighted by atomic mass is 32.9. The largest absolute Gasteiger partial charge is 0.727 e. The van der Waals surface area contributed by atoms with E-state index in [1.54, 1.807) is 0 Å². The molecule has 0 aliphatic rings. The molecule has 2 nitrogen and oxygen atoms in total. The fourth-order valence-electron chi connectivity index (χ4n) is 2.27. The first-order chi connectivity index (χ1) is 12.5. The van der Waals surface area contributed by atoms with Gasteiger partial charge in [-0.3, -0.25) is 5.09 Å². The summed E-state index contributed by atoms with van der Waals surface area (Å²) in [5.74, 6) is 0. The Morgan fingerprint density at radius 2 is 1.35 bits per heavy atom. The van der Waals surface area contributed by atoms with Gasteiger partial charge < -0.3 is 18.0 Å². The summed E-state index contributed by atoms with van der Waals surface area (Å²) >= 11 is 11.1. The third-order valence-electron chi connectivity index (χ3n) is 3.84. The van der Waals surface area contributed by atoms with Crippen LogP contribution >= 0.6 is 5.39 Å². The molecule has 4 N–H and O–H groups in total. The van der Waals surface area contributed by atoms with Gasteiger partial charge >= 0.3 is 0 Å². The van der Waals surface area contributed by atoms with Gasteiger partial charge in [-0.25, -0.2) is 0 Å². The molecule has 0 heterocycles. The predicted octanol–water partition coefficient (Wildman–Crippen LogP) is 3.70. The lowest BCUT2D eigenvalue weighted by atomic mass is 10.2. The van der Waals surface area contributed by atoms with E-state index < -0.39 is 5.39 Å². The van der Waals surface area contributed by atoms with E-state index in [1.807, 2.05) is 48.5 Å². The van der Waals surface area contributed by atoms with Gasteiger partial charge in [-0.2, -0.15) is 0 Å². The molecule has 0 saturated carbocycles. The smallest absolute Gasteiger partial charge is 0.0997 e. The Morgan fingerprint density at radius 3 is 1.81 bits per heavy atom. The molecule has 1 atom stereocenters. The van der Waals surface area contributed by atoms with Gasteiger partial charge in [0, 0.05) is 12.1 Å². The average Bonchev–Trinajstić information content (AvgIpc) is 2.69. The molecule has 0 radical (unpaired) electrons. The van der Waals surface area contributed by atoms with E-state index in [2.05, 4.69) is 54.1 Å². The van der Waals surface area contributed by atoms with E-state index in [1.165, 1.54) is 16.7 Å². The van der Waals surface area contributed by atoms with Crippen molar-refractivity contribution < 1.29 is 5.73 Å². The van der Waals surface area contributed by atoms with Gasteiger partial charge in [0.15, 0.2) is 0 Å². The number of quaternary nitrogens is 1. The summed E-state index contributed by atoms with van der Waals surface area (Å²) < 4.78 is 0. The Labute approximate surface area is 167 Å². The molecule has 3 rings (SSSR count). The lowest BCUT2D eigenvalue weighted by Crippen LogP contribution is -2.47. The van der Waals surface area contributed by atoms with Crippen LogP contribution in [0.4, 0.5) is 0 Å². The zero-order valence-corrected chi connectivity index (χ0v) is 17.5. The molecule has 5 heteroatoms. The maximum atomic E-state index is 5.57. The number of hydrogen-bond donors (Lipinski definition) is 2. The minimum atomic E-state index is -2.06. The van der Waals surface area contributed by atoms with Crippen LogP contribution in [0.2, 0.25) is 0 Å². The summed E-state index contributed by atoms with van der Waals surface area (Å²) in [6.45, 7) is 3.68. The van der Waals surface area contributed by atoms with Gasteiger partial charge in [0.1, 0.15) is 0 Å².